The molecule has 8 nitrogen and oxygen atoms in total. The molecule has 0 aliphatic carbocycles. The minimum absolute atomic E-state index is 0.347. The normalized spacial score (nSPS) is 14.8. The van der Waals surface area contributed by atoms with E-state index in [-0.39, 0.29) is 0 Å². The number of ether oxygens (including phenoxy) is 1. The molecule has 4 aromatic rings. The highest BCUT2D eigenvalue weighted by molar-refractivity contribution is 6.30. The van der Waals surface area contributed by atoms with Crippen molar-refractivity contribution in [3.8, 4) is 11.3 Å². The summed E-state index contributed by atoms with van der Waals surface area (Å²) < 4.78 is 7.42. The van der Waals surface area contributed by atoms with Gasteiger partial charge in [-0.15, -0.1) is 5.10 Å². The first-order valence-electron chi connectivity index (χ1n) is 9.92. The van der Waals surface area contributed by atoms with Gasteiger partial charge in [-0.05, 0) is 31.0 Å². The number of halogens is 1. The average molecular weight is 423 g/mol. The van der Waals surface area contributed by atoms with Crippen molar-refractivity contribution >= 4 is 23.2 Å². The van der Waals surface area contributed by atoms with Crippen LogP contribution in [0.1, 0.15) is 24.2 Å². The Hall–Kier alpha value is -3.10. The molecular formula is C21H21ClN7O+. The molecule has 1 fully saturated rings. The predicted molar refractivity (Wildman–Crippen MR) is 112 cm³/mol. The SMILES string of the molecule is Clc1ncccc1Cc1[nH]nc2cc(-c3ccnc(NC4CCOCC4)n3)cc[n+]12. The van der Waals surface area contributed by atoms with Gasteiger partial charge in [-0.2, -0.15) is 0 Å². The van der Waals surface area contributed by atoms with E-state index in [9.17, 15) is 0 Å². The molecular weight excluding hydrogens is 402 g/mol. The first kappa shape index (κ1) is 18.9. The summed E-state index contributed by atoms with van der Waals surface area (Å²) in [6.45, 7) is 1.55. The Morgan fingerprint density at radius 3 is 2.93 bits per heavy atom. The standard InChI is InChI=1S/C21H20ClN7O/c22-20-15(2-1-7-23-20)13-19-28-27-18-12-14(4-9-29(18)19)17-3-8-24-21(26-17)25-16-5-10-30-11-6-16/h1-4,7-9,12,16H,5-6,10-11,13H2,(H,24,25,26)/p+1. The fourth-order valence-corrected chi connectivity index (χ4v) is 3.79. The molecule has 0 bridgehead atoms. The van der Waals surface area contributed by atoms with Crippen LogP contribution in [0.2, 0.25) is 5.15 Å². The van der Waals surface area contributed by atoms with Crippen LogP contribution in [0.15, 0.2) is 48.9 Å². The smallest absolute Gasteiger partial charge is 0.306 e. The van der Waals surface area contributed by atoms with E-state index >= 15 is 0 Å². The number of anilines is 1. The lowest BCUT2D eigenvalue weighted by Gasteiger charge is -2.23. The van der Waals surface area contributed by atoms with Crippen molar-refractivity contribution in [2.24, 2.45) is 0 Å². The van der Waals surface area contributed by atoms with Crippen LogP contribution in [0.3, 0.4) is 0 Å². The van der Waals surface area contributed by atoms with Crippen LogP contribution in [0.25, 0.3) is 16.9 Å². The summed E-state index contributed by atoms with van der Waals surface area (Å²) >= 11 is 6.20. The Balaban J connectivity index is 1.39. The summed E-state index contributed by atoms with van der Waals surface area (Å²) in [4.78, 5) is 13.2. The maximum atomic E-state index is 6.20. The van der Waals surface area contributed by atoms with E-state index in [1.54, 1.807) is 12.4 Å². The lowest BCUT2D eigenvalue weighted by atomic mass is 10.1. The largest absolute Gasteiger partial charge is 0.381 e. The third-order valence-corrected chi connectivity index (χ3v) is 5.57. The van der Waals surface area contributed by atoms with E-state index in [1.165, 1.54) is 0 Å². The van der Waals surface area contributed by atoms with Crippen LogP contribution < -0.4 is 9.72 Å². The lowest BCUT2D eigenvalue weighted by Crippen LogP contribution is -2.28. The topological polar surface area (TPSA) is 92.7 Å². The molecule has 0 unspecified atom stereocenters. The number of rotatable bonds is 5. The Bertz CT molecular complexity index is 1170. The van der Waals surface area contributed by atoms with Crippen LogP contribution in [0.4, 0.5) is 5.95 Å². The zero-order valence-electron chi connectivity index (χ0n) is 16.3. The summed E-state index contributed by atoms with van der Waals surface area (Å²) in [5.74, 6) is 1.57. The zero-order valence-corrected chi connectivity index (χ0v) is 17.0. The Morgan fingerprint density at radius 1 is 1.17 bits per heavy atom. The van der Waals surface area contributed by atoms with E-state index < -0.39 is 0 Å². The quantitative estimate of drug-likeness (QED) is 0.379. The summed E-state index contributed by atoms with van der Waals surface area (Å²) in [5, 5.41) is 11.5. The van der Waals surface area contributed by atoms with Gasteiger partial charge in [0, 0.05) is 53.9 Å². The molecule has 5 rings (SSSR count). The molecule has 152 valence electrons. The maximum Gasteiger partial charge on any atom is 0.306 e. The molecule has 1 aliphatic heterocycles. The highest BCUT2D eigenvalue weighted by Gasteiger charge is 2.17. The van der Waals surface area contributed by atoms with Crippen molar-refractivity contribution in [3.05, 3.63) is 65.5 Å². The van der Waals surface area contributed by atoms with Gasteiger partial charge >= 0.3 is 5.65 Å². The molecule has 9 heteroatoms. The molecule has 1 aliphatic rings. The minimum Gasteiger partial charge on any atom is -0.381 e. The van der Waals surface area contributed by atoms with E-state index in [4.69, 9.17) is 21.3 Å². The number of nitrogens with one attached hydrogen (secondary N) is 2. The van der Waals surface area contributed by atoms with Crippen LogP contribution in [-0.2, 0) is 11.2 Å². The molecule has 0 spiro atoms. The van der Waals surface area contributed by atoms with Crippen molar-refractivity contribution in [2.45, 2.75) is 25.3 Å². The number of nitrogens with zero attached hydrogens (tertiary/aromatic N) is 5. The first-order chi connectivity index (χ1) is 14.8. The second-order valence-electron chi connectivity index (χ2n) is 7.24. The van der Waals surface area contributed by atoms with Crippen LogP contribution in [0, 0.1) is 0 Å². The maximum absolute atomic E-state index is 6.20. The van der Waals surface area contributed by atoms with E-state index in [0.29, 0.717) is 23.6 Å². The van der Waals surface area contributed by atoms with Crippen LogP contribution >= 0.6 is 11.6 Å². The Morgan fingerprint density at radius 2 is 2.07 bits per heavy atom. The summed E-state index contributed by atoms with van der Waals surface area (Å²) in [6.07, 6.45) is 7.99. The monoisotopic (exact) mass is 422 g/mol. The molecule has 0 atom stereocenters. The summed E-state index contributed by atoms with van der Waals surface area (Å²) in [6, 6.07) is 10.1. The number of H-pyrrole nitrogens is 1. The second-order valence-corrected chi connectivity index (χ2v) is 7.60. The van der Waals surface area contributed by atoms with Gasteiger partial charge in [-0.25, -0.2) is 19.4 Å². The Kier molecular flexibility index (Phi) is 5.25. The zero-order chi connectivity index (χ0) is 20.3. The van der Waals surface area contributed by atoms with E-state index in [2.05, 4.69) is 25.5 Å². The van der Waals surface area contributed by atoms with Crippen LogP contribution in [0.5, 0.6) is 0 Å². The number of fused-ring (bicyclic) bond motifs is 1. The van der Waals surface area contributed by atoms with Crippen molar-refractivity contribution in [3.63, 3.8) is 0 Å². The molecule has 4 aromatic heterocycles. The molecule has 2 N–H and O–H groups in total. The van der Waals surface area contributed by atoms with Gasteiger partial charge in [-0.3, -0.25) is 0 Å². The highest BCUT2D eigenvalue weighted by Crippen LogP contribution is 2.20. The van der Waals surface area contributed by atoms with Crippen LogP contribution in [-0.4, -0.2) is 44.4 Å². The van der Waals surface area contributed by atoms with Gasteiger partial charge in [0.15, 0.2) is 0 Å². The van der Waals surface area contributed by atoms with E-state index in [1.807, 2.05) is 40.9 Å². The minimum atomic E-state index is 0.347. The van der Waals surface area contributed by atoms with Gasteiger partial charge in [0.25, 0.3) is 0 Å². The van der Waals surface area contributed by atoms with Gasteiger partial charge in [0.05, 0.1) is 18.3 Å². The fraction of sp³-hybridized carbons (Fsp3) is 0.286. The second kappa shape index (κ2) is 8.33. The average Bonchev–Trinajstić information content (AvgIpc) is 3.18. The third-order valence-electron chi connectivity index (χ3n) is 5.22. The van der Waals surface area contributed by atoms with Gasteiger partial charge in [0.2, 0.25) is 11.8 Å². The number of hydrogen-bond donors (Lipinski definition) is 2. The molecule has 0 radical (unpaired) electrons. The first-order valence-corrected chi connectivity index (χ1v) is 10.3. The van der Waals surface area contributed by atoms with Crippen molar-refractivity contribution in [1.29, 1.82) is 0 Å². The number of aromatic nitrogens is 6. The molecule has 5 heterocycles. The fourth-order valence-electron chi connectivity index (χ4n) is 3.61. The number of hydrogen-bond acceptors (Lipinski definition) is 6. The van der Waals surface area contributed by atoms with E-state index in [0.717, 1.165) is 54.3 Å². The Labute approximate surface area is 178 Å². The van der Waals surface area contributed by atoms with Crippen molar-refractivity contribution < 1.29 is 9.14 Å². The summed E-state index contributed by atoms with van der Waals surface area (Å²) in [5.41, 5.74) is 3.58. The predicted octanol–water partition coefficient (Wildman–Crippen LogP) is 2.84. The van der Waals surface area contributed by atoms with Crippen molar-refractivity contribution in [2.75, 3.05) is 18.5 Å². The molecule has 0 amide bonds. The van der Waals surface area contributed by atoms with Gasteiger partial charge in [-0.1, -0.05) is 17.7 Å². The third kappa shape index (κ3) is 3.96. The number of aromatic amines is 1. The number of pyridine rings is 2. The lowest BCUT2D eigenvalue weighted by molar-refractivity contribution is -0.521. The van der Waals surface area contributed by atoms with Crippen molar-refractivity contribution in [1.82, 2.24) is 25.1 Å². The van der Waals surface area contributed by atoms with Gasteiger partial charge < -0.3 is 10.1 Å². The molecule has 0 saturated carbocycles. The van der Waals surface area contributed by atoms with Gasteiger partial charge in [0.1, 0.15) is 5.15 Å². The summed E-state index contributed by atoms with van der Waals surface area (Å²) in [7, 11) is 0. The molecule has 1 saturated heterocycles. The molecule has 0 aromatic carbocycles. The molecule has 30 heavy (non-hydrogen) atoms. The highest BCUT2D eigenvalue weighted by atomic mass is 35.5.